The van der Waals surface area contributed by atoms with Gasteiger partial charge in [-0.1, -0.05) is 6.07 Å². The summed E-state index contributed by atoms with van der Waals surface area (Å²) >= 11 is 0. The zero-order valence-corrected chi connectivity index (χ0v) is 16.6. The fourth-order valence-corrected chi connectivity index (χ4v) is 3.55. The second-order valence-corrected chi connectivity index (χ2v) is 6.68. The van der Waals surface area contributed by atoms with Crippen LogP contribution in [0.25, 0.3) is 6.08 Å². The van der Waals surface area contributed by atoms with Gasteiger partial charge in [0.05, 0.1) is 45.1 Å². The van der Waals surface area contributed by atoms with Gasteiger partial charge in [-0.3, -0.25) is 4.79 Å². The average Bonchev–Trinajstić information content (AvgIpc) is 3.30. The lowest BCUT2D eigenvalue weighted by atomic mass is 10.0. The normalized spacial score (nSPS) is 20.9. The van der Waals surface area contributed by atoms with Crippen molar-refractivity contribution in [1.82, 2.24) is 4.90 Å². The molecule has 2 heterocycles. The summed E-state index contributed by atoms with van der Waals surface area (Å²) in [6, 6.07) is 5.31. The molecule has 0 radical (unpaired) electrons. The Balaban J connectivity index is 1.99. The number of esters is 1. The van der Waals surface area contributed by atoms with Crippen molar-refractivity contribution in [2.75, 3.05) is 34.5 Å². The number of methoxy groups -OCH3 is 3. The summed E-state index contributed by atoms with van der Waals surface area (Å²) in [5.41, 5.74) is 1.88. The van der Waals surface area contributed by atoms with Crippen LogP contribution in [0.4, 0.5) is 0 Å². The van der Waals surface area contributed by atoms with Gasteiger partial charge in [-0.05, 0) is 43.5 Å². The molecule has 0 aliphatic carbocycles. The lowest BCUT2D eigenvalue weighted by Crippen LogP contribution is -2.33. The molecule has 7 heteroatoms. The number of carbonyl (C=O) groups is 2. The van der Waals surface area contributed by atoms with Crippen LogP contribution in [0.3, 0.4) is 0 Å². The van der Waals surface area contributed by atoms with Gasteiger partial charge in [-0.15, -0.1) is 0 Å². The van der Waals surface area contributed by atoms with Crippen molar-refractivity contribution in [3.63, 3.8) is 0 Å². The number of carbonyl (C=O) groups excluding carboxylic acids is 2. The number of amides is 1. The zero-order valence-electron chi connectivity index (χ0n) is 16.6. The Morgan fingerprint density at radius 2 is 2.00 bits per heavy atom. The van der Waals surface area contributed by atoms with Crippen LogP contribution >= 0.6 is 0 Å². The summed E-state index contributed by atoms with van der Waals surface area (Å²) in [5, 5.41) is 0. The molecule has 0 aromatic heterocycles. The van der Waals surface area contributed by atoms with Gasteiger partial charge in [0.2, 0.25) is 0 Å². The fourth-order valence-electron chi connectivity index (χ4n) is 3.55. The molecule has 2 aliphatic rings. The largest absolute Gasteiger partial charge is 0.493 e. The van der Waals surface area contributed by atoms with E-state index in [0.717, 1.165) is 12.8 Å². The zero-order chi connectivity index (χ0) is 20.3. The van der Waals surface area contributed by atoms with Crippen LogP contribution in [0.2, 0.25) is 0 Å². The molecule has 2 aliphatic heterocycles. The SMILES string of the molecule is COC(=O)C1=C(C)N(C[C@@H]2CCCO2)C(=O)/C1=C\c1ccc(OC)c(OC)c1. The van der Waals surface area contributed by atoms with E-state index in [1.54, 1.807) is 50.3 Å². The highest BCUT2D eigenvalue weighted by Gasteiger charge is 2.38. The van der Waals surface area contributed by atoms with Crippen molar-refractivity contribution in [1.29, 1.82) is 0 Å². The van der Waals surface area contributed by atoms with Gasteiger partial charge in [0.1, 0.15) is 0 Å². The molecule has 1 amide bonds. The van der Waals surface area contributed by atoms with Gasteiger partial charge in [-0.25, -0.2) is 4.79 Å². The maximum Gasteiger partial charge on any atom is 0.340 e. The third-order valence-electron chi connectivity index (χ3n) is 5.03. The second-order valence-electron chi connectivity index (χ2n) is 6.68. The number of benzene rings is 1. The Kier molecular flexibility index (Phi) is 6.04. The fraction of sp³-hybridized carbons (Fsp3) is 0.429. The molecule has 7 nitrogen and oxygen atoms in total. The molecular weight excluding hydrogens is 362 g/mol. The number of ether oxygens (including phenoxy) is 4. The Bertz CT molecular complexity index is 835. The molecular formula is C21H25NO6. The molecule has 0 spiro atoms. The Labute approximate surface area is 164 Å². The predicted octanol–water partition coefficient (Wildman–Crippen LogP) is 2.56. The second kappa shape index (κ2) is 8.48. The van der Waals surface area contributed by atoms with E-state index in [-0.39, 0.29) is 17.6 Å². The minimum absolute atomic E-state index is 0.0155. The lowest BCUT2D eigenvalue weighted by Gasteiger charge is -2.21. The standard InChI is InChI=1S/C21H25NO6/c1-13-19(21(24)27-4)16(20(23)22(13)12-15-6-5-9-28-15)10-14-7-8-17(25-2)18(11-14)26-3/h7-8,10-11,15H,5-6,9,12H2,1-4H3/b16-10-/t15-/m0/s1. The van der Waals surface area contributed by atoms with Crippen LogP contribution in [0.15, 0.2) is 35.0 Å². The van der Waals surface area contributed by atoms with Crippen molar-refractivity contribution < 1.29 is 28.5 Å². The monoisotopic (exact) mass is 387 g/mol. The van der Waals surface area contributed by atoms with E-state index in [4.69, 9.17) is 18.9 Å². The first-order valence-corrected chi connectivity index (χ1v) is 9.17. The van der Waals surface area contributed by atoms with Crippen molar-refractivity contribution in [2.24, 2.45) is 0 Å². The molecule has 0 bridgehead atoms. The highest BCUT2D eigenvalue weighted by atomic mass is 16.5. The van der Waals surface area contributed by atoms with Crippen LogP contribution in [-0.2, 0) is 19.1 Å². The quantitative estimate of drug-likeness (QED) is 0.552. The molecule has 1 atom stereocenters. The van der Waals surface area contributed by atoms with Crippen LogP contribution < -0.4 is 9.47 Å². The smallest absolute Gasteiger partial charge is 0.340 e. The number of hydrogen-bond donors (Lipinski definition) is 0. The van der Waals surface area contributed by atoms with Gasteiger partial charge in [0.15, 0.2) is 11.5 Å². The Morgan fingerprint density at radius 3 is 2.61 bits per heavy atom. The van der Waals surface area contributed by atoms with Crippen LogP contribution in [0.5, 0.6) is 11.5 Å². The molecule has 3 rings (SSSR count). The topological polar surface area (TPSA) is 74.3 Å². The minimum Gasteiger partial charge on any atom is -0.493 e. The van der Waals surface area contributed by atoms with Crippen molar-refractivity contribution in [3.05, 3.63) is 40.6 Å². The summed E-state index contributed by atoms with van der Waals surface area (Å²) < 4.78 is 21.2. The first kappa shape index (κ1) is 19.9. The molecule has 0 N–H and O–H groups in total. The third-order valence-corrected chi connectivity index (χ3v) is 5.03. The maximum absolute atomic E-state index is 13.1. The number of nitrogens with zero attached hydrogens (tertiary/aromatic N) is 1. The average molecular weight is 387 g/mol. The van der Waals surface area contributed by atoms with E-state index < -0.39 is 5.97 Å². The van der Waals surface area contributed by atoms with Crippen LogP contribution in [0.1, 0.15) is 25.3 Å². The van der Waals surface area contributed by atoms with Crippen LogP contribution in [-0.4, -0.2) is 57.4 Å². The summed E-state index contributed by atoms with van der Waals surface area (Å²) in [4.78, 5) is 27.1. The lowest BCUT2D eigenvalue weighted by molar-refractivity contribution is -0.136. The van der Waals surface area contributed by atoms with E-state index in [0.29, 0.717) is 41.5 Å². The Hall–Kier alpha value is -2.80. The van der Waals surface area contributed by atoms with Gasteiger partial charge in [0.25, 0.3) is 5.91 Å². The maximum atomic E-state index is 13.1. The number of hydrogen-bond acceptors (Lipinski definition) is 6. The first-order valence-electron chi connectivity index (χ1n) is 9.17. The van der Waals surface area contributed by atoms with E-state index in [1.165, 1.54) is 7.11 Å². The van der Waals surface area contributed by atoms with Crippen molar-refractivity contribution in [2.45, 2.75) is 25.9 Å². The van der Waals surface area contributed by atoms with Gasteiger partial charge < -0.3 is 23.8 Å². The molecule has 1 aromatic carbocycles. The highest BCUT2D eigenvalue weighted by molar-refractivity contribution is 6.16. The molecule has 28 heavy (non-hydrogen) atoms. The molecule has 1 fully saturated rings. The van der Waals surface area contributed by atoms with Gasteiger partial charge in [-0.2, -0.15) is 0 Å². The Morgan fingerprint density at radius 1 is 1.25 bits per heavy atom. The van der Waals surface area contributed by atoms with Gasteiger partial charge >= 0.3 is 5.97 Å². The highest BCUT2D eigenvalue weighted by Crippen LogP contribution is 2.34. The summed E-state index contributed by atoms with van der Waals surface area (Å²) in [6.07, 6.45) is 3.54. The van der Waals surface area contributed by atoms with Crippen molar-refractivity contribution in [3.8, 4) is 11.5 Å². The van der Waals surface area contributed by atoms with E-state index >= 15 is 0 Å². The molecule has 0 saturated carbocycles. The van der Waals surface area contributed by atoms with Crippen LogP contribution in [0, 0.1) is 0 Å². The predicted molar refractivity (Wildman–Crippen MR) is 103 cm³/mol. The molecule has 150 valence electrons. The third kappa shape index (κ3) is 3.75. The molecule has 1 aromatic rings. The van der Waals surface area contributed by atoms with E-state index in [2.05, 4.69) is 0 Å². The summed E-state index contributed by atoms with van der Waals surface area (Å²) in [5.74, 6) is 0.358. The van der Waals surface area contributed by atoms with Gasteiger partial charge in [0, 0.05) is 12.3 Å². The minimum atomic E-state index is -0.535. The van der Waals surface area contributed by atoms with E-state index in [9.17, 15) is 9.59 Å². The number of rotatable bonds is 6. The summed E-state index contributed by atoms with van der Waals surface area (Å²) in [6.45, 7) is 2.89. The molecule has 1 saturated heterocycles. The first-order chi connectivity index (χ1) is 13.5. The number of allylic oxidation sites excluding steroid dienone is 1. The van der Waals surface area contributed by atoms with Crippen molar-refractivity contribution >= 4 is 18.0 Å². The molecule has 0 unspecified atom stereocenters. The summed E-state index contributed by atoms with van der Waals surface area (Å²) in [7, 11) is 4.41. The van der Waals surface area contributed by atoms with E-state index in [1.807, 2.05) is 0 Å².